The van der Waals surface area contributed by atoms with E-state index in [9.17, 15) is 4.79 Å². The van der Waals surface area contributed by atoms with Gasteiger partial charge in [0, 0.05) is 23.4 Å². The lowest BCUT2D eigenvalue weighted by atomic mass is 10.0. The van der Waals surface area contributed by atoms with Crippen LogP contribution >= 0.6 is 12.4 Å². The van der Waals surface area contributed by atoms with Crippen LogP contribution < -0.4 is 15.2 Å². The number of amides is 1. The molecule has 6 heteroatoms. The number of benzene rings is 2. The standard InChI is InChI=1S/C20H22N2O3.ClH/c1-13-7-8-14(21)12-16(13)20(23)22-9-3-5-17(22)15-4-2-6-18-19(15)25-11-10-24-18;/h2,4,6-8,12,17H,3,5,9-11,21H2,1H3;1H. The van der Waals surface area contributed by atoms with Gasteiger partial charge in [0.05, 0.1) is 6.04 Å². The summed E-state index contributed by atoms with van der Waals surface area (Å²) in [5, 5.41) is 0. The Bertz CT molecular complexity index is 825. The number of halogens is 1. The van der Waals surface area contributed by atoms with Gasteiger partial charge >= 0.3 is 0 Å². The minimum Gasteiger partial charge on any atom is -0.486 e. The van der Waals surface area contributed by atoms with Crippen molar-refractivity contribution in [3.05, 3.63) is 53.1 Å². The molecule has 1 atom stereocenters. The molecule has 138 valence electrons. The Balaban J connectivity index is 0.00000196. The summed E-state index contributed by atoms with van der Waals surface area (Å²) in [6.45, 7) is 3.78. The number of carbonyl (C=O) groups excluding carboxylic acids is 1. The predicted molar refractivity (Wildman–Crippen MR) is 103 cm³/mol. The Kier molecular flexibility index (Phi) is 5.28. The molecule has 0 aliphatic carbocycles. The molecule has 0 aromatic heterocycles. The van der Waals surface area contributed by atoms with Crippen LogP contribution in [0.3, 0.4) is 0 Å². The number of carbonyl (C=O) groups is 1. The molecular weight excluding hydrogens is 352 g/mol. The van der Waals surface area contributed by atoms with Crippen LogP contribution in [-0.2, 0) is 0 Å². The maximum atomic E-state index is 13.2. The van der Waals surface area contributed by atoms with Gasteiger partial charge in [-0.15, -0.1) is 12.4 Å². The van der Waals surface area contributed by atoms with Gasteiger partial charge in [-0.1, -0.05) is 18.2 Å². The molecule has 2 heterocycles. The maximum Gasteiger partial charge on any atom is 0.254 e. The highest BCUT2D eigenvalue weighted by molar-refractivity contribution is 5.97. The van der Waals surface area contributed by atoms with Gasteiger partial charge in [0.1, 0.15) is 13.2 Å². The summed E-state index contributed by atoms with van der Waals surface area (Å²) in [7, 11) is 0. The van der Waals surface area contributed by atoms with E-state index in [1.807, 2.05) is 42.2 Å². The van der Waals surface area contributed by atoms with Gasteiger partial charge in [-0.25, -0.2) is 0 Å². The molecule has 26 heavy (non-hydrogen) atoms. The molecule has 0 radical (unpaired) electrons. The third kappa shape index (κ3) is 3.19. The van der Waals surface area contributed by atoms with E-state index in [0.717, 1.165) is 42.0 Å². The van der Waals surface area contributed by atoms with Crippen molar-refractivity contribution in [2.45, 2.75) is 25.8 Å². The van der Waals surface area contributed by atoms with Gasteiger partial charge in [0.25, 0.3) is 5.91 Å². The fraction of sp³-hybridized carbons (Fsp3) is 0.350. The number of likely N-dealkylation sites (tertiary alicyclic amines) is 1. The number of hydrogen-bond donors (Lipinski definition) is 1. The fourth-order valence-corrected chi connectivity index (χ4v) is 3.72. The largest absolute Gasteiger partial charge is 0.486 e. The predicted octanol–water partition coefficient (Wildman–Crippen LogP) is 3.75. The molecule has 0 bridgehead atoms. The first-order chi connectivity index (χ1) is 12.1. The zero-order valence-corrected chi connectivity index (χ0v) is 15.6. The van der Waals surface area contributed by atoms with Gasteiger partial charge < -0.3 is 20.1 Å². The zero-order valence-electron chi connectivity index (χ0n) is 14.7. The first-order valence-corrected chi connectivity index (χ1v) is 8.71. The number of rotatable bonds is 2. The van der Waals surface area contributed by atoms with E-state index >= 15 is 0 Å². The summed E-state index contributed by atoms with van der Waals surface area (Å²) in [4.78, 5) is 15.1. The van der Waals surface area contributed by atoms with E-state index in [-0.39, 0.29) is 24.4 Å². The number of fused-ring (bicyclic) bond motifs is 1. The topological polar surface area (TPSA) is 64.8 Å². The molecule has 0 spiro atoms. The van der Waals surface area contributed by atoms with Crippen LogP contribution in [0.5, 0.6) is 11.5 Å². The second-order valence-corrected chi connectivity index (χ2v) is 6.60. The average molecular weight is 375 g/mol. The molecule has 2 aliphatic rings. The normalized spacial score (nSPS) is 18.3. The molecule has 0 saturated carbocycles. The SMILES string of the molecule is Cc1ccc(N)cc1C(=O)N1CCCC1c1cccc2c1OCCO2.Cl. The van der Waals surface area contributed by atoms with Gasteiger partial charge in [0.15, 0.2) is 11.5 Å². The van der Waals surface area contributed by atoms with Gasteiger partial charge in [0.2, 0.25) is 0 Å². The quantitative estimate of drug-likeness (QED) is 0.813. The Morgan fingerprint density at radius 3 is 2.85 bits per heavy atom. The molecule has 2 aromatic carbocycles. The summed E-state index contributed by atoms with van der Waals surface area (Å²) < 4.78 is 11.6. The van der Waals surface area contributed by atoms with Crippen LogP contribution in [0.15, 0.2) is 36.4 Å². The second-order valence-electron chi connectivity index (χ2n) is 6.60. The highest BCUT2D eigenvalue weighted by Gasteiger charge is 2.34. The number of para-hydroxylation sites is 1. The molecule has 5 nitrogen and oxygen atoms in total. The third-order valence-electron chi connectivity index (χ3n) is 4.96. The first-order valence-electron chi connectivity index (χ1n) is 8.71. The Hall–Kier alpha value is -2.40. The molecule has 1 fully saturated rings. The molecule has 1 saturated heterocycles. The van der Waals surface area contributed by atoms with Crippen molar-refractivity contribution in [2.24, 2.45) is 0 Å². The van der Waals surface area contributed by atoms with Crippen molar-refractivity contribution < 1.29 is 14.3 Å². The molecule has 1 unspecified atom stereocenters. The molecule has 2 N–H and O–H groups in total. The van der Waals surface area contributed by atoms with Crippen LogP contribution in [0.4, 0.5) is 5.69 Å². The highest BCUT2D eigenvalue weighted by atomic mass is 35.5. The molecule has 4 rings (SSSR count). The summed E-state index contributed by atoms with van der Waals surface area (Å²) >= 11 is 0. The summed E-state index contributed by atoms with van der Waals surface area (Å²) in [6, 6.07) is 11.4. The third-order valence-corrected chi connectivity index (χ3v) is 4.96. The van der Waals surface area contributed by atoms with Crippen molar-refractivity contribution in [2.75, 3.05) is 25.5 Å². The number of nitrogen functional groups attached to an aromatic ring is 1. The average Bonchev–Trinajstić information content (AvgIpc) is 3.12. The first kappa shape index (κ1) is 18.4. The maximum absolute atomic E-state index is 13.2. The van der Waals surface area contributed by atoms with Crippen LogP contribution in [-0.4, -0.2) is 30.6 Å². The van der Waals surface area contributed by atoms with Crippen LogP contribution in [0.2, 0.25) is 0 Å². The van der Waals surface area contributed by atoms with E-state index in [0.29, 0.717) is 24.5 Å². The summed E-state index contributed by atoms with van der Waals surface area (Å²) in [6.07, 6.45) is 1.90. The van der Waals surface area contributed by atoms with Crippen molar-refractivity contribution in [3.63, 3.8) is 0 Å². The van der Waals surface area contributed by atoms with Crippen molar-refractivity contribution in [1.29, 1.82) is 0 Å². The molecule has 2 aromatic rings. The number of hydrogen-bond acceptors (Lipinski definition) is 4. The zero-order chi connectivity index (χ0) is 17.4. The monoisotopic (exact) mass is 374 g/mol. The number of anilines is 1. The van der Waals surface area contributed by atoms with E-state index in [2.05, 4.69) is 0 Å². The Morgan fingerprint density at radius 1 is 1.19 bits per heavy atom. The molecular formula is C20H23ClN2O3. The number of nitrogens with zero attached hydrogens (tertiary/aromatic N) is 1. The minimum absolute atomic E-state index is 0. The Morgan fingerprint density at radius 2 is 2.00 bits per heavy atom. The summed E-state index contributed by atoms with van der Waals surface area (Å²) in [5.41, 5.74) is 9.15. The van der Waals surface area contributed by atoms with E-state index in [1.165, 1.54) is 0 Å². The van der Waals surface area contributed by atoms with Gasteiger partial charge in [-0.2, -0.15) is 0 Å². The molecule has 1 amide bonds. The van der Waals surface area contributed by atoms with Gasteiger partial charge in [-0.3, -0.25) is 4.79 Å². The van der Waals surface area contributed by atoms with Crippen LogP contribution in [0.1, 0.15) is 40.4 Å². The minimum atomic E-state index is 0. The van der Waals surface area contributed by atoms with E-state index < -0.39 is 0 Å². The van der Waals surface area contributed by atoms with Crippen molar-refractivity contribution in [1.82, 2.24) is 4.90 Å². The highest BCUT2D eigenvalue weighted by Crippen LogP contribution is 2.43. The van der Waals surface area contributed by atoms with E-state index in [1.54, 1.807) is 6.07 Å². The van der Waals surface area contributed by atoms with Crippen LogP contribution in [0, 0.1) is 6.92 Å². The van der Waals surface area contributed by atoms with Crippen LogP contribution in [0.25, 0.3) is 0 Å². The molecule has 2 aliphatic heterocycles. The number of aryl methyl sites for hydroxylation is 1. The lowest BCUT2D eigenvalue weighted by Gasteiger charge is -2.29. The lowest BCUT2D eigenvalue weighted by Crippen LogP contribution is -2.31. The fourth-order valence-electron chi connectivity index (χ4n) is 3.72. The van der Waals surface area contributed by atoms with E-state index in [4.69, 9.17) is 15.2 Å². The summed E-state index contributed by atoms with van der Waals surface area (Å²) in [5.74, 6) is 1.58. The number of ether oxygens (including phenoxy) is 2. The van der Waals surface area contributed by atoms with Crippen molar-refractivity contribution >= 4 is 24.0 Å². The number of nitrogens with two attached hydrogens (primary N) is 1. The second kappa shape index (κ2) is 7.46. The van der Waals surface area contributed by atoms with Crippen molar-refractivity contribution in [3.8, 4) is 11.5 Å². The Labute approximate surface area is 159 Å². The smallest absolute Gasteiger partial charge is 0.254 e. The van der Waals surface area contributed by atoms with Gasteiger partial charge in [-0.05, 0) is 43.5 Å². The lowest BCUT2D eigenvalue weighted by molar-refractivity contribution is 0.0730.